The lowest BCUT2D eigenvalue weighted by atomic mass is 10.2. The predicted molar refractivity (Wildman–Crippen MR) is 109 cm³/mol. The van der Waals surface area contributed by atoms with Crippen LogP contribution in [0.2, 0.25) is 0 Å². The standard InChI is InChI=1S/C22H29NO3/c1-2-3-16-19-22(23(25)26)20-17-14-12-10-8-6-4-5-7-9-11-13-15-18-21-24/h3-8,10-14,16,20-21H,2,9,15,17-19H2,1H3/b6-4+,7-5+,10-8+,13-11+,14-12+,16-3+,22-20-. The second-order valence-corrected chi connectivity index (χ2v) is 5.35. The van der Waals surface area contributed by atoms with Gasteiger partial charge in [-0.3, -0.25) is 10.1 Å². The Morgan fingerprint density at radius 2 is 1.46 bits per heavy atom. The second kappa shape index (κ2) is 18.6. The van der Waals surface area contributed by atoms with Crippen molar-refractivity contribution in [3.05, 3.63) is 94.8 Å². The summed E-state index contributed by atoms with van der Waals surface area (Å²) in [6, 6.07) is 0. The van der Waals surface area contributed by atoms with Gasteiger partial charge in [-0.15, -0.1) is 0 Å². The van der Waals surface area contributed by atoms with Crippen LogP contribution in [0, 0.1) is 10.1 Å². The molecule has 0 aromatic heterocycles. The van der Waals surface area contributed by atoms with Crippen molar-refractivity contribution >= 4 is 6.29 Å². The average Bonchev–Trinajstić information content (AvgIpc) is 2.63. The van der Waals surface area contributed by atoms with E-state index in [1.54, 1.807) is 6.08 Å². The number of nitro groups is 1. The first-order chi connectivity index (χ1) is 12.7. The maximum Gasteiger partial charge on any atom is 0.246 e. The van der Waals surface area contributed by atoms with Crippen LogP contribution >= 0.6 is 0 Å². The van der Waals surface area contributed by atoms with E-state index in [0.717, 1.165) is 25.5 Å². The van der Waals surface area contributed by atoms with Crippen molar-refractivity contribution < 1.29 is 9.72 Å². The first kappa shape index (κ1) is 23.2. The van der Waals surface area contributed by atoms with Gasteiger partial charge in [-0.2, -0.15) is 0 Å². The third-order valence-corrected chi connectivity index (χ3v) is 3.17. The van der Waals surface area contributed by atoms with Crippen LogP contribution in [0.3, 0.4) is 0 Å². The largest absolute Gasteiger partial charge is 0.303 e. The molecule has 0 saturated heterocycles. The topological polar surface area (TPSA) is 60.2 Å². The summed E-state index contributed by atoms with van der Waals surface area (Å²) in [6.45, 7) is 2.00. The zero-order chi connectivity index (χ0) is 19.3. The minimum absolute atomic E-state index is 0.230. The van der Waals surface area contributed by atoms with Crippen LogP contribution in [-0.4, -0.2) is 11.2 Å². The fourth-order valence-electron chi connectivity index (χ4n) is 1.84. The molecule has 0 bridgehead atoms. The molecule has 0 amide bonds. The average molecular weight is 355 g/mol. The van der Waals surface area contributed by atoms with Gasteiger partial charge in [-0.05, 0) is 31.8 Å². The van der Waals surface area contributed by atoms with Crippen molar-refractivity contribution in [2.45, 2.75) is 45.4 Å². The van der Waals surface area contributed by atoms with Gasteiger partial charge < -0.3 is 4.79 Å². The summed E-state index contributed by atoms with van der Waals surface area (Å²) in [5, 5.41) is 10.9. The van der Waals surface area contributed by atoms with Gasteiger partial charge in [-0.25, -0.2) is 0 Å². The van der Waals surface area contributed by atoms with E-state index in [-0.39, 0.29) is 10.6 Å². The molecular weight excluding hydrogens is 326 g/mol. The number of carbonyl (C=O) groups is 1. The lowest BCUT2D eigenvalue weighted by molar-refractivity contribution is -0.427. The lowest BCUT2D eigenvalue weighted by Gasteiger charge is -1.92. The Bertz CT molecular complexity index is 591. The highest BCUT2D eigenvalue weighted by atomic mass is 16.6. The SMILES string of the molecule is CC/C=C/C/C(=C/C/C=C/C=C/C=C/C=C/C/C=C/CCC=O)[N+](=O)[O-]. The molecular formula is C22H29NO3. The smallest absolute Gasteiger partial charge is 0.246 e. The summed E-state index contributed by atoms with van der Waals surface area (Å²) in [6.07, 6.45) is 29.8. The number of hydrogen-bond acceptors (Lipinski definition) is 3. The third kappa shape index (κ3) is 16.1. The molecule has 0 aromatic rings. The summed E-state index contributed by atoms with van der Waals surface area (Å²) in [5.41, 5.74) is 0.230. The highest BCUT2D eigenvalue weighted by Gasteiger charge is 2.05. The maximum atomic E-state index is 10.9. The molecule has 4 nitrogen and oxygen atoms in total. The predicted octanol–water partition coefficient (Wildman–Crippen LogP) is 6.04. The Kier molecular flexibility index (Phi) is 16.6. The number of nitrogens with zero attached hydrogens (tertiary/aromatic N) is 1. The quantitative estimate of drug-likeness (QED) is 0.0952. The number of hydrogen-bond donors (Lipinski definition) is 0. The summed E-state index contributed by atoms with van der Waals surface area (Å²) in [5.74, 6) is 0. The van der Waals surface area contributed by atoms with Gasteiger partial charge >= 0.3 is 0 Å². The van der Waals surface area contributed by atoms with Crippen molar-refractivity contribution in [1.29, 1.82) is 0 Å². The maximum absolute atomic E-state index is 10.9. The molecule has 0 unspecified atom stereocenters. The first-order valence-electron chi connectivity index (χ1n) is 8.94. The molecule has 0 radical (unpaired) electrons. The zero-order valence-corrected chi connectivity index (χ0v) is 15.5. The summed E-state index contributed by atoms with van der Waals surface area (Å²) in [4.78, 5) is 20.7. The van der Waals surface area contributed by atoms with Crippen LogP contribution in [-0.2, 0) is 4.79 Å². The number of aldehydes is 1. The number of carbonyl (C=O) groups excluding carboxylic acids is 1. The number of rotatable bonds is 14. The van der Waals surface area contributed by atoms with E-state index in [4.69, 9.17) is 0 Å². The Balaban J connectivity index is 4.06. The minimum atomic E-state index is -0.323. The lowest BCUT2D eigenvalue weighted by Crippen LogP contribution is -1.97. The summed E-state index contributed by atoms with van der Waals surface area (Å²) < 4.78 is 0. The van der Waals surface area contributed by atoms with Gasteiger partial charge in [0, 0.05) is 6.42 Å². The molecule has 0 aliphatic rings. The molecule has 0 saturated carbocycles. The van der Waals surface area contributed by atoms with Crippen LogP contribution in [0.5, 0.6) is 0 Å². The molecule has 0 heterocycles. The molecule has 0 aromatic carbocycles. The Labute approximate surface area is 156 Å². The van der Waals surface area contributed by atoms with E-state index in [1.807, 2.05) is 79.8 Å². The Hall–Kier alpha value is -2.75. The molecule has 0 spiro atoms. The van der Waals surface area contributed by atoms with Crippen molar-refractivity contribution in [3.8, 4) is 0 Å². The van der Waals surface area contributed by atoms with Crippen molar-refractivity contribution in [2.75, 3.05) is 0 Å². The van der Waals surface area contributed by atoms with Gasteiger partial charge in [0.05, 0.1) is 11.3 Å². The van der Waals surface area contributed by atoms with E-state index < -0.39 is 0 Å². The van der Waals surface area contributed by atoms with Crippen LogP contribution in [0.1, 0.15) is 45.4 Å². The van der Waals surface area contributed by atoms with E-state index in [1.165, 1.54) is 0 Å². The fourth-order valence-corrected chi connectivity index (χ4v) is 1.84. The van der Waals surface area contributed by atoms with Crippen molar-refractivity contribution in [3.63, 3.8) is 0 Å². The highest BCUT2D eigenvalue weighted by molar-refractivity contribution is 5.49. The van der Waals surface area contributed by atoms with Gasteiger partial charge in [0.1, 0.15) is 6.29 Å². The van der Waals surface area contributed by atoms with Crippen LogP contribution < -0.4 is 0 Å². The van der Waals surface area contributed by atoms with Crippen LogP contribution in [0.15, 0.2) is 84.7 Å². The molecule has 0 aliphatic heterocycles. The van der Waals surface area contributed by atoms with E-state index >= 15 is 0 Å². The zero-order valence-electron chi connectivity index (χ0n) is 15.5. The highest BCUT2D eigenvalue weighted by Crippen LogP contribution is 2.06. The van der Waals surface area contributed by atoms with Crippen molar-refractivity contribution in [2.24, 2.45) is 0 Å². The Morgan fingerprint density at radius 1 is 0.808 bits per heavy atom. The fraction of sp³-hybridized carbons (Fsp3) is 0.318. The molecule has 0 atom stereocenters. The Morgan fingerprint density at radius 3 is 2.08 bits per heavy atom. The van der Waals surface area contributed by atoms with E-state index in [9.17, 15) is 14.9 Å². The molecule has 0 fully saturated rings. The number of allylic oxidation sites excluding steroid dienone is 13. The second-order valence-electron chi connectivity index (χ2n) is 5.35. The van der Waals surface area contributed by atoms with Gasteiger partial charge in [-0.1, -0.05) is 79.8 Å². The first-order valence-corrected chi connectivity index (χ1v) is 8.94. The minimum Gasteiger partial charge on any atom is -0.303 e. The normalized spacial score (nSPS) is 13.5. The number of unbranched alkanes of at least 4 members (excludes halogenated alkanes) is 1. The molecule has 26 heavy (non-hydrogen) atoms. The molecule has 0 N–H and O–H groups in total. The molecule has 0 rings (SSSR count). The monoisotopic (exact) mass is 355 g/mol. The van der Waals surface area contributed by atoms with Gasteiger partial charge in [0.15, 0.2) is 0 Å². The molecule has 0 aliphatic carbocycles. The van der Waals surface area contributed by atoms with Crippen molar-refractivity contribution in [1.82, 2.24) is 0 Å². The van der Waals surface area contributed by atoms with Crippen LogP contribution in [0.4, 0.5) is 0 Å². The van der Waals surface area contributed by atoms with E-state index in [2.05, 4.69) is 0 Å². The summed E-state index contributed by atoms with van der Waals surface area (Å²) >= 11 is 0. The molecule has 4 heteroatoms. The van der Waals surface area contributed by atoms with Gasteiger partial charge in [0.2, 0.25) is 5.70 Å². The third-order valence-electron chi connectivity index (χ3n) is 3.17. The molecule has 140 valence electrons. The summed E-state index contributed by atoms with van der Waals surface area (Å²) in [7, 11) is 0. The van der Waals surface area contributed by atoms with E-state index in [0.29, 0.717) is 19.3 Å². The van der Waals surface area contributed by atoms with Gasteiger partial charge in [0.25, 0.3) is 0 Å². The van der Waals surface area contributed by atoms with Crippen LogP contribution in [0.25, 0.3) is 0 Å².